The lowest BCUT2D eigenvalue weighted by Gasteiger charge is -2.19. The Morgan fingerprint density at radius 2 is 1.53 bits per heavy atom. The van der Waals surface area contributed by atoms with Crippen LogP contribution in [-0.4, -0.2) is 10.9 Å². The van der Waals surface area contributed by atoms with Gasteiger partial charge < -0.3 is 5.32 Å². The highest BCUT2D eigenvalue weighted by atomic mass is 16.1. The van der Waals surface area contributed by atoms with Crippen LogP contribution in [0.5, 0.6) is 0 Å². The first-order valence-corrected chi connectivity index (χ1v) is 10.3. The number of nitrogens with one attached hydrogen (secondary N) is 1. The molecule has 3 heteroatoms. The van der Waals surface area contributed by atoms with Crippen molar-refractivity contribution in [3.05, 3.63) is 101 Å². The lowest BCUT2D eigenvalue weighted by Crippen LogP contribution is -2.28. The van der Waals surface area contributed by atoms with E-state index in [1.807, 2.05) is 74.5 Å². The van der Waals surface area contributed by atoms with E-state index in [1.54, 1.807) is 0 Å². The van der Waals surface area contributed by atoms with Gasteiger partial charge in [-0.05, 0) is 50.5 Å². The van der Waals surface area contributed by atoms with Crippen molar-refractivity contribution in [2.24, 2.45) is 0 Å². The maximum atomic E-state index is 13.5. The molecule has 1 amide bonds. The zero-order chi connectivity index (χ0) is 21.3. The van der Waals surface area contributed by atoms with Gasteiger partial charge in [0, 0.05) is 10.9 Å². The maximum absolute atomic E-state index is 13.5. The number of aryl methyl sites for hydroxylation is 2. The second-order valence-electron chi connectivity index (χ2n) is 7.91. The average molecular weight is 395 g/mol. The van der Waals surface area contributed by atoms with Crippen LogP contribution < -0.4 is 5.32 Å². The Hall–Kier alpha value is -3.46. The zero-order valence-corrected chi connectivity index (χ0v) is 17.9. The highest BCUT2D eigenvalue weighted by Crippen LogP contribution is 2.32. The van der Waals surface area contributed by atoms with Gasteiger partial charge in [-0.3, -0.25) is 4.79 Å². The van der Waals surface area contributed by atoms with E-state index in [-0.39, 0.29) is 11.9 Å². The molecule has 0 saturated heterocycles. The SMILES string of the molecule is Cc1cc(C)c2nc(-c3ccccc3)c(C)c(C(=O)NC(C)c3ccccc3)c2c1. The molecular formula is C27H26N2O. The van der Waals surface area contributed by atoms with Crippen LogP contribution in [0.3, 0.4) is 0 Å². The molecule has 0 radical (unpaired) electrons. The highest BCUT2D eigenvalue weighted by molar-refractivity contribution is 6.09. The van der Waals surface area contributed by atoms with E-state index >= 15 is 0 Å². The molecule has 0 aliphatic carbocycles. The molecule has 0 aliphatic heterocycles. The Kier molecular flexibility index (Phi) is 5.37. The van der Waals surface area contributed by atoms with Crippen LogP contribution >= 0.6 is 0 Å². The molecular weight excluding hydrogens is 368 g/mol. The third kappa shape index (κ3) is 3.71. The largest absolute Gasteiger partial charge is 0.345 e. The van der Waals surface area contributed by atoms with Gasteiger partial charge in [-0.15, -0.1) is 0 Å². The van der Waals surface area contributed by atoms with E-state index in [1.165, 1.54) is 0 Å². The van der Waals surface area contributed by atoms with E-state index in [2.05, 4.69) is 31.3 Å². The molecule has 0 aliphatic rings. The Morgan fingerprint density at radius 1 is 0.900 bits per heavy atom. The molecule has 1 aromatic heterocycles. The molecule has 1 atom stereocenters. The van der Waals surface area contributed by atoms with E-state index in [4.69, 9.17) is 4.98 Å². The lowest BCUT2D eigenvalue weighted by atomic mass is 9.94. The predicted molar refractivity (Wildman–Crippen MR) is 124 cm³/mol. The molecule has 4 rings (SSSR count). The Balaban J connectivity index is 1.88. The summed E-state index contributed by atoms with van der Waals surface area (Å²) >= 11 is 0. The summed E-state index contributed by atoms with van der Waals surface area (Å²) in [6.07, 6.45) is 0. The first-order valence-electron chi connectivity index (χ1n) is 10.3. The fraction of sp³-hybridized carbons (Fsp3) is 0.185. The van der Waals surface area contributed by atoms with E-state index in [0.29, 0.717) is 5.56 Å². The van der Waals surface area contributed by atoms with Crippen LogP contribution in [0.4, 0.5) is 0 Å². The van der Waals surface area contributed by atoms with Gasteiger partial charge in [0.05, 0.1) is 22.8 Å². The van der Waals surface area contributed by atoms with Gasteiger partial charge in [0.2, 0.25) is 0 Å². The molecule has 0 saturated carbocycles. The number of aromatic nitrogens is 1. The molecule has 3 aromatic carbocycles. The first-order chi connectivity index (χ1) is 14.5. The number of nitrogens with zero attached hydrogens (tertiary/aromatic N) is 1. The summed E-state index contributed by atoms with van der Waals surface area (Å²) < 4.78 is 0. The third-order valence-corrected chi connectivity index (χ3v) is 5.59. The standard InChI is InChI=1S/C27H26N2O/c1-17-15-18(2)25-23(16-17)24(19(3)26(29-25)22-13-9-6-10-14-22)27(30)28-20(4)21-11-7-5-8-12-21/h5-16,20H,1-4H3,(H,28,30). The summed E-state index contributed by atoms with van der Waals surface area (Å²) in [6, 6.07) is 24.2. The number of hydrogen-bond donors (Lipinski definition) is 1. The maximum Gasteiger partial charge on any atom is 0.252 e. The van der Waals surface area contributed by atoms with Crippen LogP contribution in [0.2, 0.25) is 0 Å². The van der Waals surface area contributed by atoms with E-state index in [9.17, 15) is 4.79 Å². The summed E-state index contributed by atoms with van der Waals surface area (Å²) in [7, 11) is 0. The summed E-state index contributed by atoms with van der Waals surface area (Å²) in [5.41, 5.74) is 7.63. The van der Waals surface area contributed by atoms with Crippen LogP contribution in [-0.2, 0) is 0 Å². The van der Waals surface area contributed by atoms with Crippen LogP contribution in [0.15, 0.2) is 72.8 Å². The molecule has 1 unspecified atom stereocenters. The fourth-order valence-electron chi connectivity index (χ4n) is 4.08. The lowest BCUT2D eigenvalue weighted by molar-refractivity contribution is 0.0941. The summed E-state index contributed by atoms with van der Waals surface area (Å²) in [5, 5.41) is 4.10. The summed E-state index contributed by atoms with van der Waals surface area (Å²) in [4.78, 5) is 18.5. The highest BCUT2D eigenvalue weighted by Gasteiger charge is 2.21. The molecule has 3 nitrogen and oxygen atoms in total. The second-order valence-corrected chi connectivity index (χ2v) is 7.91. The second kappa shape index (κ2) is 8.11. The van der Waals surface area contributed by atoms with Crippen molar-refractivity contribution in [3.63, 3.8) is 0 Å². The number of fused-ring (bicyclic) bond motifs is 1. The van der Waals surface area contributed by atoms with Gasteiger partial charge in [0.15, 0.2) is 0 Å². The van der Waals surface area contributed by atoms with Crippen LogP contribution in [0, 0.1) is 20.8 Å². The first kappa shape index (κ1) is 19.8. The number of amides is 1. The minimum absolute atomic E-state index is 0.0709. The molecule has 1 heterocycles. The molecule has 0 spiro atoms. The zero-order valence-electron chi connectivity index (χ0n) is 17.9. The topological polar surface area (TPSA) is 42.0 Å². The van der Waals surface area contributed by atoms with Crippen molar-refractivity contribution < 1.29 is 4.79 Å². The molecule has 150 valence electrons. The smallest absolute Gasteiger partial charge is 0.252 e. The number of rotatable bonds is 4. The van der Waals surface area contributed by atoms with Gasteiger partial charge in [0.1, 0.15) is 0 Å². The number of carbonyl (C=O) groups excluding carboxylic acids is 1. The average Bonchev–Trinajstić information content (AvgIpc) is 2.74. The third-order valence-electron chi connectivity index (χ3n) is 5.59. The number of hydrogen-bond acceptors (Lipinski definition) is 2. The Morgan fingerprint density at radius 3 is 2.20 bits per heavy atom. The van der Waals surface area contributed by atoms with Gasteiger partial charge >= 0.3 is 0 Å². The van der Waals surface area contributed by atoms with E-state index < -0.39 is 0 Å². The Labute approximate surface area is 177 Å². The monoisotopic (exact) mass is 394 g/mol. The van der Waals surface area contributed by atoms with Crippen molar-refractivity contribution in [2.75, 3.05) is 0 Å². The molecule has 0 bridgehead atoms. The number of carbonyl (C=O) groups is 1. The minimum atomic E-state index is -0.0904. The summed E-state index contributed by atoms with van der Waals surface area (Å²) in [5.74, 6) is -0.0709. The fourth-order valence-corrected chi connectivity index (χ4v) is 4.08. The van der Waals surface area contributed by atoms with Crippen molar-refractivity contribution in [1.29, 1.82) is 0 Å². The molecule has 30 heavy (non-hydrogen) atoms. The Bertz CT molecular complexity index is 1210. The predicted octanol–water partition coefficient (Wildman–Crippen LogP) is 6.32. The number of benzene rings is 3. The quantitative estimate of drug-likeness (QED) is 0.440. The molecule has 1 N–H and O–H groups in total. The molecule has 4 aromatic rings. The van der Waals surface area contributed by atoms with Gasteiger partial charge in [-0.1, -0.05) is 72.3 Å². The van der Waals surface area contributed by atoms with Crippen molar-refractivity contribution in [1.82, 2.24) is 10.3 Å². The number of pyridine rings is 1. The van der Waals surface area contributed by atoms with Gasteiger partial charge in [0.25, 0.3) is 5.91 Å². The normalized spacial score (nSPS) is 12.0. The molecule has 0 fully saturated rings. The van der Waals surface area contributed by atoms with Crippen LogP contribution in [0.25, 0.3) is 22.2 Å². The van der Waals surface area contributed by atoms with E-state index in [0.717, 1.165) is 44.4 Å². The van der Waals surface area contributed by atoms with Crippen LogP contribution in [0.1, 0.15) is 45.6 Å². The summed E-state index contributed by atoms with van der Waals surface area (Å²) in [6.45, 7) is 8.12. The van der Waals surface area contributed by atoms with Gasteiger partial charge in [-0.2, -0.15) is 0 Å². The van der Waals surface area contributed by atoms with Crippen molar-refractivity contribution in [3.8, 4) is 11.3 Å². The van der Waals surface area contributed by atoms with Crippen molar-refractivity contribution >= 4 is 16.8 Å². The van der Waals surface area contributed by atoms with Crippen molar-refractivity contribution in [2.45, 2.75) is 33.7 Å². The van der Waals surface area contributed by atoms with Gasteiger partial charge in [-0.25, -0.2) is 4.98 Å². The minimum Gasteiger partial charge on any atom is -0.345 e.